The average molecular weight is 220 g/mol. The van der Waals surface area contributed by atoms with Crippen molar-refractivity contribution in [1.29, 1.82) is 5.26 Å². The molecule has 0 aromatic heterocycles. The highest BCUT2D eigenvalue weighted by atomic mass is 19.3. The predicted molar refractivity (Wildman–Crippen MR) is 53.5 cm³/mol. The van der Waals surface area contributed by atoms with Crippen molar-refractivity contribution in [2.45, 2.75) is 39.2 Å². The van der Waals surface area contributed by atoms with E-state index in [4.69, 9.17) is 10.4 Å². The molecule has 0 aromatic rings. The van der Waals surface area contributed by atoms with Crippen LogP contribution in [0.25, 0.3) is 0 Å². The Labute approximate surface area is 89.1 Å². The minimum Gasteiger partial charge on any atom is -0.386 e. The first kappa shape index (κ1) is 14.3. The van der Waals surface area contributed by atoms with Crippen molar-refractivity contribution < 1.29 is 13.9 Å². The van der Waals surface area contributed by atoms with Gasteiger partial charge in [0.05, 0.1) is 6.07 Å². The lowest BCUT2D eigenvalue weighted by atomic mass is 9.88. The zero-order chi connectivity index (χ0) is 11.9. The van der Waals surface area contributed by atoms with Gasteiger partial charge in [-0.25, -0.2) is 8.78 Å². The van der Waals surface area contributed by atoms with Crippen LogP contribution in [0.15, 0.2) is 0 Å². The number of aliphatic hydroxyl groups is 1. The molecule has 0 amide bonds. The summed E-state index contributed by atoms with van der Waals surface area (Å²) in [4.78, 5) is 0. The van der Waals surface area contributed by atoms with Crippen LogP contribution < -0.4 is 5.32 Å². The molecule has 0 aliphatic rings. The minimum absolute atomic E-state index is 0.114. The highest BCUT2D eigenvalue weighted by Crippen LogP contribution is 2.20. The van der Waals surface area contributed by atoms with E-state index in [1.807, 2.05) is 19.9 Å². The second-order valence-electron chi connectivity index (χ2n) is 4.36. The predicted octanol–water partition coefficient (Wildman–Crippen LogP) is 1.53. The topological polar surface area (TPSA) is 56.0 Å². The largest absolute Gasteiger partial charge is 0.386 e. The third-order valence-corrected chi connectivity index (χ3v) is 2.16. The molecule has 1 unspecified atom stereocenters. The van der Waals surface area contributed by atoms with Crippen molar-refractivity contribution in [2.75, 3.05) is 13.1 Å². The van der Waals surface area contributed by atoms with Crippen LogP contribution in [0.1, 0.15) is 26.7 Å². The van der Waals surface area contributed by atoms with E-state index in [0.717, 1.165) is 0 Å². The Bertz CT molecular complexity index is 214. The lowest BCUT2D eigenvalue weighted by Gasteiger charge is -2.24. The van der Waals surface area contributed by atoms with Crippen LogP contribution in [-0.4, -0.2) is 30.7 Å². The molecule has 15 heavy (non-hydrogen) atoms. The van der Waals surface area contributed by atoms with Gasteiger partial charge in [0.25, 0.3) is 6.43 Å². The van der Waals surface area contributed by atoms with Gasteiger partial charge in [-0.1, -0.05) is 13.8 Å². The van der Waals surface area contributed by atoms with Crippen molar-refractivity contribution in [1.82, 2.24) is 5.32 Å². The van der Waals surface area contributed by atoms with Crippen molar-refractivity contribution in [3.8, 4) is 6.07 Å². The van der Waals surface area contributed by atoms with Gasteiger partial charge < -0.3 is 10.4 Å². The van der Waals surface area contributed by atoms with Gasteiger partial charge >= 0.3 is 0 Å². The standard InChI is InChI=1S/C10H18F2N2O/c1-10(2,4-3-5-13)7-14-6-8(15)9(11)12/h8-9,14-15H,3-4,6-7H2,1-2H3. The Morgan fingerprint density at radius 2 is 2.07 bits per heavy atom. The maximum absolute atomic E-state index is 11.9. The third kappa shape index (κ3) is 7.23. The van der Waals surface area contributed by atoms with Gasteiger partial charge in [0.2, 0.25) is 0 Å². The zero-order valence-corrected chi connectivity index (χ0v) is 9.13. The molecule has 0 saturated carbocycles. The number of halogens is 2. The molecule has 0 aliphatic carbocycles. The van der Waals surface area contributed by atoms with E-state index in [1.54, 1.807) is 0 Å². The van der Waals surface area contributed by atoms with Crippen LogP contribution >= 0.6 is 0 Å². The molecule has 0 fully saturated rings. The first-order valence-electron chi connectivity index (χ1n) is 4.93. The fraction of sp³-hybridized carbons (Fsp3) is 0.900. The summed E-state index contributed by atoms with van der Waals surface area (Å²) in [5.41, 5.74) is -0.114. The van der Waals surface area contributed by atoms with Crippen molar-refractivity contribution in [3.63, 3.8) is 0 Å². The Hall–Kier alpha value is -0.730. The Balaban J connectivity index is 3.70. The molecule has 0 radical (unpaired) electrons. The van der Waals surface area contributed by atoms with Crippen molar-refractivity contribution in [2.24, 2.45) is 5.41 Å². The lowest BCUT2D eigenvalue weighted by molar-refractivity contribution is -0.00429. The van der Waals surface area contributed by atoms with Gasteiger partial charge in [-0.15, -0.1) is 0 Å². The van der Waals surface area contributed by atoms with E-state index in [0.29, 0.717) is 19.4 Å². The molecule has 2 N–H and O–H groups in total. The van der Waals surface area contributed by atoms with Crippen LogP contribution in [0.2, 0.25) is 0 Å². The SMILES string of the molecule is CC(C)(CCC#N)CNCC(O)C(F)F. The smallest absolute Gasteiger partial charge is 0.265 e. The summed E-state index contributed by atoms with van der Waals surface area (Å²) in [6.07, 6.45) is -3.16. The van der Waals surface area contributed by atoms with Gasteiger partial charge in [0.15, 0.2) is 0 Å². The molecule has 0 spiro atoms. The van der Waals surface area contributed by atoms with Crippen LogP contribution in [0, 0.1) is 16.7 Å². The van der Waals surface area contributed by atoms with E-state index in [9.17, 15) is 8.78 Å². The molecule has 88 valence electrons. The molecule has 1 atom stereocenters. The first-order chi connectivity index (χ1) is 6.89. The van der Waals surface area contributed by atoms with Crippen LogP contribution in [0.3, 0.4) is 0 Å². The van der Waals surface area contributed by atoms with E-state index in [2.05, 4.69) is 5.32 Å². The Kier molecular flexibility index (Phi) is 6.37. The van der Waals surface area contributed by atoms with Gasteiger partial charge in [-0.05, 0) is 11.8 Å². The zero-order valence-electron chi connectivity index (χ0n) is 9.13. The molecular formula is C10H18F2N2O. The Morgan fingerprint density at radius 3 is 2.53 bits per heavy atom. The lowest BCUT2D eigenvalue weighted by Crippen LogP contribution is -2.37. The van der Waals surface area contributed by atoms with Gasteiger partial charge in [-0.3, -0.25) is 0 Å². The normalized spacial score (nSPS) is 13.9. The quantitative estimate of drug-likeness (QED) is 0.684. The monoisotopic (exact) mass is 220 g/mol. The number of aliphatic hydroxyl groups excluding tert-OH is 1. The highest BCUT2D eigenvalue weighted by Gasteiger charge is 2.20. The minimum atomic E-state index is -2.71. The molecule has 0 bridgehead atoms. The van der Waals surface area contributed by atoms with E-state index >= 15 is 0 Å². The summed E-state index contributed by atoms with van der Waals surface area (Å²) in [6.45, 7) is 4.30. The third-order valence-electron chi connectivity index (χ3n) is 2.16. The summed E-state index contributed by atoms with van der Waals surface area (Å²) in [5.74, 6) is 0. The van der Waals surface area contributed by atoms with Crippen LogP contribution in [0.5, 0.6) is 0 Å². The summed E-state index contributed by atoms with van der Waals surface area (Å²) < 4.78 is 23.8. The van der Waals surface area contributed by atoms with E-state index in [1.165, 1.54) is 0 Å². The highest BCUT2D eigenvalue weighted by molar-refractivity contribution is 4.79. The number of nitriles is 1. The summed E-state index contributed by atoms with van der Waals surface area (Å²) in [5, 5.41) is 20.0. The van der Waals surface area contributed by atoms with Crippen LogP contribution in [0.4, 0.5) is 8.78 Å². The van der Waals surface area contributed by atoms with Crippen LogP contribution in [-0.2, 0) is 0 Å². The maximum atomic E-state index is 11.9. The fourth-order valence-electron chi connectivity index (χ4n) is 1.13. The molecule has 0 aliphatic heterocycles. The van der Waals surface area contributed by atoms with Gasteiger partial charge in [0.1, 0.15) is 6.10 Å². The van der Waals surface area contributed by atoms with E-state index in [-0.39, 0.29) is 12.0 Å². The number of hydrogen-bond donors (Lipinski definition) is 2. The number of alkyl halides is 2. The number of nitrogens with one attached hydrogen (secondary N) is 1. The van der Waals surface area contributed by atoms with Gasteiger partial charge in [0, 0.05) is 19.5 Å². The maximum Gasteiger partial charge on any atom is 0.265 e. The Morgan fingerprint density at radius 1 is 1.47 bits per heavy atom. The average Bonchev–Trinajstić information content (AvgIpc) is 2.14. The molecule has 5 heteroatoms. The molecule has 0 aromatic carbocycles. The summed E-state index contributed by atoms with van der Waals surface area (Å²) >= 11 is 0. The molecule has 3 nitrogen and oxygen atoms in total. The second kappa shape index (κ2) is 6.70. The first-order valence-corrected chi connectivity index (χ1v) is 4.93. The summed E-state index contributed by atoms with van der Waals surface area (Å²) in [6, 6.07) is 2.04. The molecule has 0 saturated heterocycles. The molecule has 0 heterocycles. The fourth-order valence-corrected chi connectivity index (χ4v) is 1.13. The molecule has 0 rings (SSSR count). The van der Waals surface area contributed by atoms with Crippen molar-refractivity contribution >= 4 is 0 Å². The summed E-state index contributed by atoms with van der Waals surface area (Å²) in [7, 11) is 0. The van der Waals surface area contributed by atoms with E-state index < -0.39 is 12.5 Å². The van der Waals surface area contributed by atoms with Crippen molar-refractivity contribution in [3.05, 3.63) is 0 Å². The molecular weight excluding hydrogens is 202 g/mol. The number of hydrogen-bond acceptors (Lipinski definition) is 3. The van der Waals surface area contributed by atoms with Gasteiger partial charge in [-0.2, -0.15) is 5.26 Å². The second-order valence-corrected chi connectivity index (χ2v) is 4.36. The number of nitrogens with zero attached hydrogens (tertiary/aromatic N) is 1. The number of rotatable bonds is 7.